The van der Waals surface area contributed by atoms with E-state index in [4.69, 9.17) is 10.3 Å². The van der Waals surface area contributed by atoms with Crippen molar-refractivity contribution in [2.24, 2.45) is 10.2 Å². The summed E-state index contributed by atoms with van der Waals surface area (Å²) in [5, 5.41) is 18.7. The van der Waals surface area contributed by atoms with Crippen LogP contribution in [0.5, 0.6) is 5.75 Å². The Kier molecular flexibility index (Phi) is 15.1. The molecule has 0 saturated carbocycles. The van der Waals surface area contributed by atoms with Crippen molar-refractivity contribution in [2.75, 3.05) is 18.1 Å². The van der Waals surface area contributed by atoms with Crippen LogP contribution in [0.2, 0.25) is 0 Å². The molecule has 0 bridgehead atoms. The molecule has 0 aliphatic heterocycles. The second-order valence-corrected chi connectivity index (χ2v) is 13.2. The third-order valence-corrected chi connectivity index (χ3v) is 8.60. The van der Waals surface area contributed by atoms with Gasteiger partial charge < -0.3 is 19.9 Å². The minimum absolute atomic E-state index is 0. The van der Waals surface area contributed by atoms with Crippen molar-refractivity contribution in [2.45, 2.75) is 14.7 Å². The third kappa shape index (κ3) is 10.4. The van der Waals surface area contributed by atoms with Crippen LogP contribution >= 0.6 is 0 Å². The number of anilines is 1. The molecular weight excluding hydrogens is 663 g/mol. The average Bonchev–Trinajstić information content (AvgIpc) is 2.75. The van der Waals surface area contributed by atoms with E-state index < -0.39 is 101 Å². The van der Waals surface area contributed by atoms with Crippen LogP contribution in [0.25, 0.3) is 10.8 Å². The molecule has 0 heterocycles. The van der Waals surface area contributed by atoms with Gasteiger partial charge in [0, 0.05) is 0 Å². The van der Waals surface area contributed by atoms with Gasteiger partial charge in [-0.25, -0.2) is 29.4 Å². The normalized spacial score (nSPS) is 12.4. The van der Waals surface area contributed by atoms with E-state index in [9.17, 15) is 47.9 Å². The van der Waals surface area contributed by atoms with Gasteiger partial charge in [-0.1, -0.05) is 23.9 Å². The summed E-state index contributed by atoms with van der Waals surface area (Å²) >= 11 is 0. The predicted molar refractivity (Wildman–Crippen MR) is 124 cm³/mol. The first-order valence-electron chi connectivity index (χ1n) is 9.66. The van der Waals surface area contributed by atoms with Crippen molar-refractivity contribution in [3.05, 3.63) is 42.5 Å². The zero-order valence-corrected chi connectivity index (χ0v) is 30.7. The molecule has 3 aromatic carbocycles. The molecule has 0 aliphatic carbocycles. The van der Waals surface area contributed by atoms with E-state index in [1.165, 1.54) is 12.1 Å². The first kappa shape index (κ1) is 40.8. The molecule has 0 aromatic heterocycles. The molecule has 3 N–H and O–H groups in total. The smallest absolute Gasteiger partial charge is 0.872 e. The molecule has 0 unspecified atom stereocenters. The van der Waals surface area contributed by atoms with Crippen LogP contribution in [0.4, 0.5) is 17.1 Å². The first-order valence-corrected chi connectivity index (χ1v) is 15.5. The topological polar surface area (TPSA) is 286 Å². The van der Waals surface area contributed by atoms with E-state index in [0.29, 0.717) is 18.2 Å². The largest absolute Gasteiger partial charge is 1.00 e. The Morgan fingerprint density at radius 1 is 0.829 bits per heavy atom. The molecule has 0 atom stereocenters. The Labute approximate surface area is 301 Å². The number of rotatable bonds is 9. The molecule has 0 radical (unpaired) electrons. The Bertz CT molecular complexity index is 1920. The number of fused-ring (bicyclic) bond motifs is 1. The molecule has 0 aliphatic rings. The second kappa shape index (κ2) is 15.2. The molecule has 0 spiro atoms. The summed E-state index contributed by atoms with van der Waals surface area (Å²) in [6.45, 7) is -0.962. The number of sulfone groups is 1. The number of benzene rings is 3. The van der Waals surface area contributed by atoms with Gasteiger partial charge in [-0.15, -0.1) is 10.2 Å². The van der Waals surface area contributed by atoms with Gasteiger partial charge in [0.15, 0.2) is 9.84 Å². The SMILES string of the molecule is Nc1c(N=Nc2ccccc2S(=O)(=O)CCOS(=O)(=O)O)c(S(=O)(=O)[O-])cc2cc(S(=O)(=O)[O-])cc([O-])c12.[Na+].[Na+].[Na+]. The monoisotopic (exact) mass is 677 g/mol. The zero-order valence-electron chi connectivity index (χ0n) is 21.4. The van der Waals surface area contributed by atoms with Crippen LogP contribution < -0.4 is 99.5 Å². The Morgan fingerprint density at radius 3 is 1.95 bits per heavy atom. The van der Waals surface area contributed by atoms with Gasteiger partial charge in [0.1, 0.15) is 31.6 Å². The predicted octanol–water partition coefficient (Wildman–Crippen LogP) is -8.68. The van der Waals surface area contributed by atoms with E-state index in [1.807, 2.05) is 0 Å². The zero-order chi connectivity index (χ0) is 28.7. The molecule has 3 aromatic rings. The van der Waals surface area contributed by atoms with Crippen molar-refractivity contribution in [3.8, 4) is 5.75 Å². The van der Waals surface area contributed by atoms with Gasteiger partial charge >= 0.3 is 99.1 Å². The molecular formula is C18H14N3Na3O13S4. The maximum absolute atomic E-state index is 12.6. The van der Waals surface area contributed by atoms with Crippen molar-refractivity contribution < 1.29 is 145 Å². The number of hydrogen-bond donors (Lipinski definition) is 2. The molecule has 3 rings (SSSR count). The van der Waals surface area contributed by atoms with E-state index in [1.54, 1.807) is 0 Å². The van der Waals surface area contributed by atoms with Gasteiger partial charge in [-0.3, -0.25) is 4.55 Å². The van der Waals surface area contributed by atoms with E-state index in [2.05, 4.69) is 14.4 Å². The standard InChI is InChI=1S/C18H17N3O13S4.3Na/c19-17-16-10(7-11(9-13(16)22)36(25,26)27)8-15(37(28,29)30)18(17)21-20-12-3-1-2-4-14(12)35(23,24)6-5-34-38(31,32)33;;;/h1-4,7-9,22H,5-6,19H2,(H,25,26,27)(H,28,29,30)(H,31,32,33);;;/q;3*+1/p-3. The summed E-state index contributed by atoms with van der Waals surface area (Å²) < 4.78 is 129. The number of nitrogens with two attached hydrogens (primary N) is 1. The fourth-order valence-corrected chi connectivity index (χ4v) is 5.99. The van der Waals surface area contributed by atoms with E-state index in [0.717, 1.165) is 12.1 Å². The van der Waals surface area contributed by atoms with Crippen LogP contribution in [-0.2, 0) is 44.7 Å². The van der Waals surface area contributed by atoms with Crippen molar-refractivity contribution >= 4 is 68.3 Å². The maximum Gasteiger partial charge on any atom is 1.00 e. The van der Waals surface area contributed by atoms with E-state index in [-0.39, 0.29) is 88.7 Å². The Balaban J connectivity index is 0.00000533. The van der Waals surface area contributed by atoms with Gasteiger partial charge in [0.25, 0.3) is 0 Å². The Morgan fingerprint density at radius 2 is 1.41 bits per heavy atom. The van der Waals surface area contributed by atoms with Crippen molar-refractivity contribution in [3.63, 3.8) is 0 Å². The molecule has 0 amide bonds. The van der Waals surface area contributed by atoms with Gasteiger partial charge in [0.2, 0.25) is 0 Å². The van der Waals surface area contributed by atoms with E-state index >= 15 is 0 Å². The average molecular weight is 678 g/mol. The van der Waals surface area contributed by atoms with Crippen LogP contribution in [0.15, 0.2) is 67.4 Å². The summed E-state index contributed by atoms with van der Waals surface area (Å²) in [6, 6.07) is 6.34. The molecule has 41 heavy (non-hydrogen) atoms. The van der Waals surface area contributed by atoms with Crippen LogP contribution in [0.3, 0.4) is 0 Å². The van der Waals surface area contributed by atoms with Crippen LogP contribution in [-0.4, -0.2) is 59.7 Å². The first-order chi connectivity index (χ1) is 17.3. The van der Waals surface area contributed by atoms with Gasteiger partial charge in [0.05, 0.1) is 32.7 Å². The fraction of sp³-hybridized carbons (Fsp3) is 0.111. The van der Waals surface area contributed by atoms with Gasteiger partial charge in [-0.2, -0.15) is 8.42 Å². The summed E-state index contributed by atoms with van der Waals surface area (Å²) in [7, 11) is -19.8. The molecule has 206 valence electrons. The fourth-order valence-electron chi connectivity index (χ4n) is 3.18. The van der Waals surface area contributed by atoms with Crippen molar-refractivity contribution in [1.29, 1.82) is 0 Å². The summed E-state index contributed by atoms with van der Waals surface area (Å²) in [5.41, 5.74) is 3.84. The molecule has 0 fully saturated rings. The molecule has 23 heteroatoms. The third-order valence-electron chi connectivity index (χ3n) is 4.75. The van der Waals surface area contributed by atoms with Crippen LogP contribution in [0, 0.1) is 0 Å². The minimum Gasteiger partial charge on any atom is -0.872 e. The second-order valence-electron chi connectivity index (χ2n) is 7.30. The van der Waals surface area contributed by atoms with Crippen LogP contribution in [0.1, 0.15) is 0 Å². The number of nitrogens with zero attached hydrogens (tertiary/aromatic N) is 2. The van der Waals surface area contributed by atoms with Gasteiger partial charge in [-0.05, 0) is 35.0 Å². The maximum atomic E-state index is 12.6. The van der Waals surface area contributed by atoms with Crippen molar-refractivity contribution in [1.82, 2.24) is 0 Å². The molecule has 16 nitrogen and oxygen atoms in total. The number of nitrogen functional groups attached to an aromatic ring is 1. The number of hydrogen-bond acceptors (Lipinski definition) is 15. The summed E-state index contributed by atoms with van der Waals surface area (Å²) in [6.07, 6.45) is 0. The Hall–Kier alpha value is -0.240. The molecule has 0 saturated heterocycles. The summed E-state index contributed by atoms with van der Waals surface area (Å²) in [5.74, 6) is -2.06. The minimum atomic E-state index is -5.41. The summed E-state index contributed by atoms with van der Waals surface area (Å²) in [4.78, 5) is -2.70. The number of azo groups is 1. The quantitative estimate of drug-likeness (QED) is 0.0921.